The van der Waals surface area contributed by atoms with Crippen LogP contribution < -0.4 is 15.8 Å². The quantitative estimate of drug-likeness (QED) is 0.810. The van der Waals surface area contributed by atoms with E-state index in [2.05, 4.69) is 5.32 Å². The number of anilines is 1. The van der Waals surface area contributed by atoms with Gasteiger partial charge in [-0.1, -0.05) is 6.42 Å². The maximum atomic E-state index is 11.7. The van der Waals surface area contributed by atoms with Gasteiger partial charge in [-0.05, 0) is 42.9 Å². The van der Waals surface area contributed by atoms with Gasteiger partial charge in [-0.2, -0.15) is 11.8 Å². The van der Waals surface area contributed by atoms with Crippen molar-refractivity contribution in [3.63, 3.8) is 0 Å². The van der Waals surface area contributed by atoms with E-state index < -0.39 is 0 Å². The van der Waals surface area contributed by atoms with E-state index in [4.69, 9.17) is 10.5 Å². The van der Waals surface area contributed by atoms with Gasteiger partial charge >= 0.3 is 0 Å². The van der Waals surface area contributed by atoms with Crippen LogP contribution in [0.25, 0.3) is 0 Å². The Kier molecular flexibility index (Phi) is 5.39. The van der Waals surface area contributed by atoms with E-state index in [1.165, 1.54) is 25.0 Å². The summed E-state index contributed by atoms with van der Waals surface area (Å²) >= 11 is 1.95. The number of carbonyl (C=O) groups is 1. The van der Waals surface area contributed by atoms with Gasteiger partial charge in [-0.15, -0.1) is 0 Å². The zero-order valence-electron chi connectivity index (χ0n) is 10.9. The Morgan fingerprint density at radius 1 is 1.37 bits per heavy atom. The number of hydrogen-bond donors (Lipinski definition) is 2. The maximum Gasteiger partial charge on any atom is 0.257 e. The van der Waals surface area contributed by atoms with Crippen LogP contribution >= 0.6 is 11.8 Å². The van der Waals surface area contributed by atoms with Gasteiger partial charge in [-0.3, -0.25) is 4.79 Å². The van der Waals surface area contributed by atoms with Crippen LogP contribution in [-0.2, 0) is 4.79 Å². The lowest BCUT2D eigenvalue weighted by atomic mass is 10.2. The van der Waals surface area contributed by atoms with Crippen LogP contribution in [0, 0.1) is 0 Å². The van der Waals surface area contributed by atoms with Gasteiger partial charge in [0.1, 0.15) is 5.75 Å². The van der Waals surface area contributed by atoms with Crippen molar-refractivity contribution in [2.24, 2.45) is 0 Å². The molecule has 1 amide bonds. The third-order valence-electron chi connectivity index (χ3n) is 3.05. The highest BCUT2D eigenvalue weighted by atomic mass is 32.2. The van der Waals surface area contributed by atoms with Gasteiger partial charge in [0, 0.05) is 17.5 Å². The number of carbonyl (C=O) groups excluding carboxylic acids is 1. The van der Waals surface area contributed by atoms with E-state index in [9.17, 15) is 4.79 Å². The molecule has 3 N–H and O–H groups in total. The molecule has 2 rings (SSSR count). The molecule has 0 aliphatic carbocycles. The zero-order valence-corrected chi connectivity index (χ0v) is 11.7. The number of ether oxygens (including phenoxy) is 1. The molecule has 0 bridgehead atoms. The van der Waals surface area contributed by atoms with Crippen LogP contribution in [0.1, 0.15) is 19.3 Å². The molecule has 0 saturated carbocycles. The minimum Gasteiger partial charge on any atom is -0.484 e. The van der Waals surface area contributed by atoms with Gasteiger partial charge < -0.3 is 15.8 Å². The smallest absolute Gasteiger partial charge is 0.257 e. The summed E-state index contributed by atoms with van der Waals surface area (Å²) in [5.74, 6) is 1.81. The summed E-state index contributed by atoms with van der Waals surface area (Å²) in [5.41, 5.74) is 6.26. The highest BCUT2D eigenvalue weighted by molar-refractivity contribution is 7.99. The van der Waals surface area contributed by atoms with E-state index in [0.29, 0.717) is 16.7 Å². The molecule has 1 aliphatic heterocycles. The van der Waals surface area contributed by atoms with Gasteiger partial charge in [0.15, 0.2) is 6.61 Å². The second-order valence-corrected chi connectivity index (χ2v) is 6.06. The lowest BCUT2D eigenvalue weighted by Crippen LogP contribution is -2.35. The molecule has 19 heavy (non-hydrogen) atoms. The molecule has 1 heterocycles. The molecule has 1 atom stereocenters. The second-order valence-electron chi connectivity index (χ2n) is 4.65. The lowest BCUT2D eigenvalue weighted by Gasteiger charge is -2.21. The normalized spacial score (nSPS) is 18.8. The molecule has 1 unspecified atom stereocenters. The zero-order chi connectivity index (χ0) is 13.5. The first-order valence-corrected chi connectivity index (χ1v) is 7.65. The Hall–Kier alpha value is -1.36. The van der Waals surface area contributed by atoms with Crippen molar-refractivity contribution in [1.29, 1.82) is 0 Å². The largest absolute Gasteiger partial charge is 0.484 e. The average Bonchev–Trinajstić information content (AvgIpc) is 2.45. The molecular weight excluding hydrogens is 260 g/mol. The minimum atomic E-state index is -0.0667. The maximum absolute atomic E-state index is 11.7. The van der Waals surface area contributed by atoms with Crippen molar-refractivity contribution in [3.8, 4) is 5.75 Å². The fourth-order valence-electron chi connectivity index (χ4n) is 1.96. The first-order valence-electron chi connectivity index (χ1n) is 6.60. The molecule has 0 spiro atoms. The monoisotopic (exact) mass is 280 g/mol. The third-order valence-corrected chi connectivity index (χ3v) is 4.45. The molecule has 5 heteroatoms. The van der Waals surface area contributed by atoms with Gasteiger partial charge in [0.2, 0.25) is 0 Å². The van der Waals surface area contributed by atoms with Crippen LogP contribution in [0.5, 0.6) is 5.75 Å². The molecule has 104 valence electrons. The predicted octanol–water partition coefficient (Wildman–Crippen LogP) is 2.05. The van der Waals surface area contributed by atoms with E-state index >= 15 is 0 Å². The van der Waals surface area contributed by atoms with E-state index in [1.807, 2.05) is 11.8 Å². The van der Waals surface area contributed by atoms with Gasteiger partial charge in [0.05, 0.1) is 0 Å². The summed E-state index contributed by atoms with van der Waals surface area (Å²) < 4.78 is 5.39. The number of amides is 1. The number of thioether (sulfide) groups is 1. The van der Waals surface area contributed by atoms with Crippen LogP contribution in [0.2, 0.25) is 0 Å². The third kappa shape index (κ3) is 5.03. The molecule has 0 radical (unpaired) electrons. The average molecular weight is 280 g/mol. The Labute approximate surface area is 118 Å². The summed E-state index contributed by atoms with van der Waals surface area (Å²) in [6.07, 6.45) is 3.77. The summed E-state index contributed by atoms with van der Waals surface area (Å²) in [6.45, 7) is 0.801. The topological polar surface area (TPSA) is 64.3 Å². The van der Waals surface area contributed by atoms with E-state index in [0.717, 1.165) is 6.54 Å². The molecule has 4 nitrogen and oxygen atoms in total. The summed E-state index contributed by atoms with van der Waals surface area (Å²) in [4.78, 5) is 11.7. The molecule has 1 fully saturated rings. The van der Waals surface area contributed by atoms with Crippen LogP contribution in [-0.4, -0.2) is 30.1 Å². The fourth-order valence-corrected chi connectivity index (χ4v) is 3.20. The number of benzene rings is 1. The van der Waals surface area contributed by atoms with Crippen molar-refractivity contribution >= 4 is 23.4 Å². The van der Waals surface area contributed by atoms with Crippen molar-refractivity contribution in [1.82, 2.24) is 5.32 Å². The number of nitrogens with two attached hydrogens (primary N) is 1. The number of nitrogens with one attached hydrogen (secondary N) is 1. The Morgan fingerprint density at radius 2 is 2.16 bits per heavy atom. The summed E-state index contributed by atoms with van der Waals surface area (Å²) in [5, 5.41) is 3.49. The number of hydrogen-bond acceptors (Lipinski definition) is 4. The molecule has 1 aliphatic rings. The fraction of sp³-hybridized carbons (Fsp3) is 0.500. The Bertz CT molecular complexity index is 402. The Morgan fingerprint density at radius 3 is 2.84 bits per heavy atom. The van der Waals surface area contributed by atoms with Crippen molar-refractivity contribution < 1.29 is 9.53 Å². The summed E-state index contributed by atoms with van der Waals surface area (Å²) in [6, 6.07) is 7.04. The van der Waals surface area contributed by atoms with Crippen molar-refractivity contribution in [3.05, 3.63) is 24.3 Å². The molecule has 1 aromatic rings. The van der Waals surface area contributed by atoms with Crippen LogP contribution in [0.3, 0.4) is 0 Å². The van der Waals surface area contributed by atoms with Gasteiger partial charge in [0.25, 0.3) is 5.91 Å². The molecule has 1 saturated heterocycles. The molecule has 0 aromatic heterocycles. The predicted molar refractivity (Wildman–Crippen MR) is 79.5 cm³/mol. The number of nitrogen functional groups attached to an aromatic ring is 1. The SMILES string of the molecule is Nc1ccc(OCC(=O)NCC2CCCCS2)cc1. The van der Waals surface area contributed by atoms with Gasteiger partial charge in [-0.25, -0.2) is 0 Å². The second kappa shape index (κ2) is 7.28. The van der Waals surface area contributed by atoms with Crippen LogP contribution in [0.4, 0.5) is 5.69 Å². The Balaban J connectivity index is 1.65. The molecular formula is C14H20N2O2S. The molecule has 1 aromatic carbocycles. The van der Waals surface area contributed by atoms with E-state index in [-0.39, 0.29) is 12.5 Å². The summed E-state index contributed by atoms with van der Waals surface area (Å²) in [7, 11) is 0. The van der Waals surface area contributed by atoms with Crippen molar-refractivity contribution in [2.75, 3.05) is 24.6 Å². The highest BCUT2D eigenvalue weighted by Gasteiger charge is 2.14. The first kappa shape index (κ1) is 14.1. The highest BCUT2D eigenvalue weighted by Crippen LogP contribution is 2.24. The van der Waals surface area contributed by atoms with Crippen molar-refractivity contribution in [2.45, 2.75) is 24.5 Å². The first-order chi connectivity index (χ1) is 9.24. The van der Waals surface area contributed by atoms with Crippen LogP contribution in [0.15, 0.2) is 24.3 Å². The lowest BCUT2D eigenvalue weighted by molar-refractivity contribution is -0.123. The minimum absolute atomic E-state index is 0.0568. The van der Waals surface area contributed by atoms with E-state index in [1.54, 1.807) is 24.3 Å². The number of rotatable bonds is 5. The standard InChI is InChI=1S/C14H20N2O2S/c15-11-4-6-12(7-5-11)18-10-14(17)16-9-13-3-1-2-8-19-13/h4-7,13H,1-3,8-10,15H2,(H,16,17).